The minimum Gasteiger partial charge on any atom is -0.370 e. The number of anilines is 4. The summed E-state index contributed by atoms with van der Waals surface area (Å²) in [5.41, 5.74) is 12.6. The monoisotopic (exact) mass is 723 g/mol. The molecule has 9 N–H and O–H groups in total. The number of aryl methyl sites for hydroxylation is 4. The summed E-state index contributed by atoms with van der Waals surface area (Å²) in [5, 5.41) is 17.5. The van der Waals surface area contributed by atoms with Crippen molar-refractivity contribution >= 4 is 74.3 Å². The van der Waals surface area contributed by atoms with Crippen LogP contribution in [0.3, 0.4) is 0 Å². The second-order valence-electron chi connectivity index (χ2n) is 10.5. The number of guanidine groups is 1. The molecule has 0 radical (unpaired) electrons. The lowest BCUT2D eigenvalue weighted by molar-refractivity contribution is -0.112. The second-order valence-corrected chi connectivity index (χ2v) is 11.5. The molecular weight excluding hydrogens is 690 g/mol. The van der Waals surface area contributed by atoms with Crippen LogP contribution in [0.25, 0.3) is 0 Å². The number of halogens is 1. The Bertz CT molecular complexity index is 1960. The highest BCUT2D eigenvalue weighted by Crippen LogP contribution is 2.20. The van der Waals surface area contributed by atoms with Crippen molar-refractivity contribution in [1.82, 2.24) is 28.8 Å². The fraction of sp³-hybridized carbons (Fsp3) is 0.207. The number of rotatable bonds is 12. The maximum atomic E-state index is 13.2. The van der Waals surface area contributed by atoms with Crippen LogP contribution in [0.4, 0.5) is 22.9 Å². The molecule has 0 fully saturated rings. The molecule has 48 heavy (non-hydrogen) atoms. The molecule has 0 aliphatic heterocycles. The van der Waals surface area contributed by atoms with Gasteiger partial charge in [-0.25, -0.2) is 0 Å². The molecular formula is C29H34BrN13O5. The third-order valence-corrected chi connectivity index (χ3v) is 7.14. The van der Waals surface area contributed by atoms with Crippen LogP contribution >= 0.6 is 15.9 Å². The molecule has 0 unspecified atom stereocenters. The predicted molar refractivity (Wildman–Crippen MR) is 183 cm³/mol. The van der Waals surface area contributed by atoms with Crippen molar-refractivity contribution in [2.24, 2.45) is 44.7 Å². The topological polar surface area (TPSA) is 243 Å². The Morgan fingerprint density at radius 2 is 1.17 bits per heavy atom. The lowest BCUT2D eigenvalue weighted by Gasteiger charge is -2.04. The SMILES string of the molecule is C=C(Br)C(=O)Nc1cc(C(=O)Nc2cc(C(=O)Nc3cc(C(=O)Nc4cc(C(=O)NCCN=C(N)N)n(C)c4)n(C)c3)n(C)c2)n(C)n1. The van der Waals surface area contributed by atoms with Crippen molar-refractivity contribution in [2.45, 2.75) is 0 Å². The summed E-state index contributed by atoms with van der Waals surface area (Å²) < 4.78 is 6.04. The van der Waals surface area contributed by atoms with Gasteiger partial charge in [0.1, 0.15) is 22.8 Å². The van der Waals surface area contributed by atoms with E-state index in [9.17, 15) is 24.0 Å². The highest BCUT2D eigenvalue weighted by molar-refractivity contribution is 9.12. The van der Waals surface area contributed by atoms with E-state index in [-0.39, 0.29) is 52.3 Å². The first-order valence-electron chi connectivity index (χ1n) is 14.1. The number of aromatic nitrogens is 5. The van der Waals surface area contributed by atoms with E-state index in [2.05, 4.69) is 59.2 Å². The first-order chi connectivity index (χ1) is 22.6. The zero-order chi connectivity index (χ0) is 35.3. The lowest BCUT2D eigenvalue weighted by Crippen LogP contribution is -2.29. The van der Waals surface area contributed by atoms with Crippen LogP contribution in [0.2, 0.25) is 0 Å². The Kier molecular flexibility index (Phi) is 10.5. The van der Waals surface area contributed by atoms with Crippen LogP contribution in [0.1, 0.15) is 42.0 Å². The van der Waals surface area contributed by atoms with Crippen molar-refractivity contribution < 1.29 is 24.0 Å². The van der Waals surface area contributed by atoms with E-state index in [1.165, 1.54) is 33.5 Å². The molecule has 4 heterocycles. The predicted octanol–water partition coefficient (Wildman–Crippen LogP) is 1.04. The van der Waals surface area contributed by atoms with E-state index in [4.69, 9.17) is 11.5 Å². The fourth-order valence-electron chi connectivity index (χ4n) is 4.53. The molecule has 19 heteroatoms. The molecule has 4 aromatic rings. The molecule has 0 aliphatic carbocycles. The van der Waals surface area contributed by atoms with Gasteiger partial charge in [0.25, 0.3) is 29.5 Å². The minimum atomic E-state index is -0.520. The summed E-state index contributed by atoms with van der Waals surface area (Å²) in [6, 6.07) is 5.91. The van der Waals surface area contributed by atoms with E-state index in [0.717, 1.165) is 0 Å². The first-order valence-corrected chi connectivity index (χ1v) is 14.9. The molecule has 0 aliphatic rings. The number of aliphatic imine (C=N–C) groups is 1. The van der Waals surface area contributed by atoms with Crippen LogP contribution in [0.5, 0.6) is 0 Å². The van der Waals surface area contributed by atoms with Crippen LogP contribution in [-0.2, 0) is 33.0 Å². The molecule has 0 bridgehead atoms. The highest BCUT2D eigenvalue weighted by Gasteiger charge is 2.20. The van der Waals surface area contributed by atoms with Crippen molar-refractivity contribution in [1.29, 1.82) is 0 Å². The summed E-state index contributed by atoms with van der Waals surface area (Å²) in [5.74, 6) is -2.27. The van der Waals surface area contributed by atoms with Gasteiger partial charge in [-0.1, -0.05) is 6.58 Å². The molecule has 0 saturated heterocycles. The van der Waals surface area contributed by atoms with Gasteiger partial charge in [-0.15, -0.1) is 0 Å². The average Bonchev–Trinajstić information content (AvgIpc) is 3.76. The maximum Gasteiger partial charge on any atom is 0.274 e. The van der Waals surface area contributed by atoms with Gasteiger partial charge in [0, 0.05) is 59.4 Å². The van der Waals surface area contributed by atoms with Crippen molar-refractivity contribution in [3.63, 3.8) is 0 Å². The summed E-state index contributed by atoms with van der Waals surface area (Å²) in [7, 11) is 6.49. The van der Waals surface area contributed by atoms with Crippen LogP contribution in [0.15, 0.2) is 58.9 Å². The Morgan fingerprint density at radius 3 is 1.60 bits per heavy atom. The van der Waals surface area contributed by atoms with Gasteiger partial charge in [0.2, 0.25) is 0 Å². The molecule has 0 atom stereocenters. The summed E-state index contributed by atoms with van der Waals surface area (Å²) in [4.78, 5) is 67.3. The van der Waals surface area contributed by atoms with Crippen molar-refractivity contribution in [2.75, 3.05) is 34.4 Å². The minimum absolute atomic E-state index is 0.0730. The number of nitrogens with one attached hydrogen (secondary N) is 5. The quantitative estimate of drug-likeness (QED) is 0.0481. The molecule has 4 rings (SSSR count). The zero-order valence-electron chi connectivity index (χ0n) is 26.4. The number of amides is 5. The second kappa shape index (κ2) is 14.5. The number of hydrogen-bond acceptors (Lipinski definition) is 7. The molecule has 18 nitrogen and oxygen atoms in total. The number of hydrogen-bond donors (Lipinski definition) is 7. The molecule has 4 aromatic heterocycles. The lowest BCUT2D eigenvalue weighted by atomic mass is 10.3. The third kappa shape index (κ3) is 8.37. The number of nitrogens with zero attached hydrogens (tertiary/aromatic N) is 6. The van der Waals surface area contributed by atoms with Crippen LogP contribution < -0.4 is 38.1 Å². The van der Waals surface area contributed by atoms with Gasteiger partial charge < -0.3 is 51.8 Å². The van der Waals surface area contributed by atoms with Gasteiger partial charge in [0.15, 0.2) is 11.8 Å². The number of carbonyl (C=O) groups excluding carboxylic acids is 5. The van der Waals surface area contributed by atoms with E-state index in [1.54, 1.807) is 55.9 Å². The largest absolute Gasteiger partial charge is 0.370 e. The molecule has 5 amide bonds. The summed E-state index contributed by atoms with van der Waals surface area (Å²) in [6.45, 7) is 3.94. The van der Waals surface area contributed by atoms with Gasteiger partial charge in [-0.05, 0) is 34.1 Å². The van der Waals surface area contributed by atoms with Crippen LogP contribution in [0, 0.1) is 0 Å². The van der Waals surface area contributed by atoms with E-state index >= 15 is 0 Å². The van der Waals surface area contributed by atoms with E-state index in [1.807, 2.05) is 0 Å². The van der Waals surface area contributed by atoms with Crippen LogP contribution in [-0.4, -0.2) is 72.1 Å². The van der Waals surface area contributed by atoms with Gasteiger partial charge in [0.05, 0.1) is 28.1 Å². The Balaban J connectivity index is 1.37. The van der Waals surface area contributed by atoms with E-state index < -0.39 is 23.6 Å². The number of carbonyl (C=O) groups is 5. The van der Waals surface area contributed by atoms with Gasteiger partial charge >= 0.3 is 0 Å². The van der Waals surface area contributed by atoms with Crippen molar-refractivity contribution in [3.8, 4) is 0 Å². The molecule has 0 spiro atoms. The Morgan fingerprint density at radius 1 is 0.729 bits per heavy atom. The van der Waals surface area contributed by atoms with Crippen molar-refractivity contribution in [3.05, 3.63) is 76.7 Å². The summed E-state index contributed by atoms with van der Waals surface area (Å²) >= 11 is 2.98. The zero-order valence-corrected chi connectivity index (χ0v) is 28.0. The Labute approximate surface area is 282 Å². The van der Waals surface area contributed by atoms with Gasteiger partial charge in [-0.3, -0.25) is 33.6 Å². The third-order valence-electron chi connectivity index (χ3n) is 6.78. The number of nitrogens with two attached hydrogens (primary N) is 2. The summed E-state index contributed by atoms with van der Waals surface area (Å²) in [6.07, 6.45) is 4.72. The van der Waals surface area contributed by atoms with E-state index in [0.29, 0.717) is 22.8 Å². The smallest absolute Gasteiger partial charge is 0.274 e. The standard InChI is InChI=1S/C29H34BrN13O5/c1-15(30)24(44)38-23-11-22(43(5)39-23)28(48)37-18-10-21(42(4)14-18)27(47)36-17-9-20(41(3)13-17)26(46)35-16-8-19(40(2)12-16)25(45)33-6-7-34-29(31)32/h8-14H,1,6-7H2,2-5H3,(H,33,45)(H,35,46)(H,36,47)(H,37,48)(H4,31,32,34)(H,38,39,44). The molecule has 0 saturated carbocycles. The average molecular weight is 725 g/mol. The van der Waals surface area contributed by atoms with Gasteiger partial charge in [-0.2, -0.15) is 5.10 Å². The highest BCUT2D eigenvalue weighted by atomic mass is 79.9. The fourth-order valence-corrected chi connectivity index (χ4v) is 4.63. The Hall–Kier alpha value is -6.11. The molecule has 252 valence electrons. The molecule has 0 aromatic carbocycles. The normalized spacial score (nSPS) is 10.6. The first kappa shape index (κ1) is 34.8. The maximum absolute atomic E-state index is 13.2.